The minimum Gasteiger partial charge on any atom is -0.494 e. The first-order valence-corrected chi connectivity index (χ1v) is 10.8. The zero-order valence-electron chi connectivity index (χ0n) is 17.3. The van der Waals surface area contributed by atoms with Gasteiger partial charge in [0.1, 0.15) is 11.3 Å². The highest BCUT2D eigenvalue weighted by Gasteiger charge is 2.16. The van der Waals surface area contributed by atoms with Gasteiger partial charge in [0.2, 0.25) is 5.91 Å². The van der Waals surface area contributed by atoms with Gasteiger partial charge in [-0.3, -0.25) is 9.59 Å². The maximum Gasteiger partial charge on any atom is 0.276 e. The Balaban J connectivity index is 1.45. The van der Waals surface area contributed by atoms with E-state index < -0.39 is 0 Å². The Morgan fingerprint density at radius 3 is 2.67 bits per heavy atom. The summed E-state index contributed by atoms with van der Waals surface area (Å²) < 4.78 is 8.65. The molecule has 1 saturated carbocycles. The molecule has 30 heavy (non-hydrogen) atoms. The zero-order chi connectivity index (χ0) is 20.9. The average molecular weight is 409 g/mol. The number of rotatable bonds is 7. The number of hydrogen-bond acceptors (Lipinski definition) is 4. The lowest BCUT2D eigenvalue weighted by atomic mass is 9.95. The molecule has 0 aliphatic heterocycles. The molecule has 1 aliphatic carbocycles. The van der Waals surface area contributed by atoms with Crippen LogP contribution in [0.5, 0.6) is 5.75 Å². The van der Waals surface area contributed by atoms with Gasteiger partial charge in [-0.15, -0.1) is 0 Å². The van der Waals surface area contributed by atoms with Gasteiger partial charge in [0.15, 0.2) is 0 Å². The topological polar surface area (TPSA) is 77.6 Å². The van der Waals surface area contributed by atoms with Crippen molar-refractivity contribution in [3.05, 3.63) is 53.1 Å². The lowest BCUT2D eigenvalue weighted by Gasteiger charge is -2.22. The number of nitrogens with one attached hydrogen (secondary N) is 1. The predicted octanol–water partition coefficient (Wildman–Crippen LogP) is 3.40. The number of aryl methyl sites for hydroxylation is 1. The van der Waals surface area contributed by atoms with Crippen molar-refractivity contribution in [2.75, 3.05) is 6.61 Å². The quantitative estimate of drug-likeness (QED) is 0.650. The predicted molar refractivity (Wildman–Crippen MR) is 116 cm³/mol. The van der Waals surface area contributed by atoms with Gasteiger partial charge in [0.05, 0.1) is 12.3 Å². The van der Waals surface area contributed by atoms with Crippen LogP contribution in [0.25, 0.3) is 16.8 Å². The molecule has 4 rings (SSSR count). The number of aromatic nitrogens is 3. The summed E-state index contributed by atoms with van der Waals surface area (Å²) in [5.74, 6) is 0.816. The van der Waals surface area contributed by atoms with Gasteiger partial charge in [-0.25, -0.2) is 4.52 Å². The molecule has 0 atom stereocenters. The first-order valence-electron chi connectivity index (χ1n) is 10.8. The summed E-state index contributed by atoms with van der Waals surface area (Å²) in [6.07, 6.45) is 9.48. The molecule has 1 N–H and O–H groups in total. The molecule has 0 saturated heterocycles. The maximum atomic E-state index is 12.9. The number of carbonyl (C=O) groups excluding carboxylic acids is 1. The van der Waals surface area contributed by atoms with Gasteiger partial charge in [-0.1, -0.05) is 19.3 Å². The van der Waals surface area contributed by atoms with E-state index in [1.807, 2.05) is 31.2 Å². The van der Waals surface area contributed by atoms with Crippen LogP contribution in [0.1, 0.15) is 45.4 Å². The third-order valence-electron chi connectivity index (χ3n) is 5.61. The molecular formula is C23H28N4O3. The van der Waals surface area contributed by atoms with Crippen molar-refractivity contribution >= 4 is 11.4 Å². The van der Waals surface area contributed by atoms with E-state index in [4.69, 9.17) is 4.74 Å². The molecule has 0 radical (unpaired) electrons. The van der Waals surface area contributed by atoms with E-state index in [-0.39, 0.29) is 17.5 Å². The number of amides is 1. The Kier molecular flexibility index (Phi) is 6.16. The number of benzene rings is 1. The van der Waals surface area contributed by atoms with Crippen molar-refractivity contribution < 1.29 is 9.53 Å². The van der Waals surface area contributed by atoms with Crippen LogP contribution >= 0.6 is 0 Å². The van der Waals surface area contributed by atoms with Crippen LogP contribution in [0.4, 0.5) is 0 Å². The zero-order valence-corrected chi connectivity index (χ0v) is 17.3. The van der Waals surface area contributed by atoms with Crippen LogP contribution in [-0.2, 0) is 11.3 Å². The summed E-state index contributed by atoms with van der Waals surface area (Å²) in [6, 6.07) is 9.73. The SMILES string of the molecule is CCOc1ccc(-c2cc3c(=O)n(CCC(=O)NC4CCCCC4)ccn3n2)cc1. The van der Waals surface area contributed by atoms with Crippen LogP contribution in [0, 0.1) is 0 Å². The van der Waals surface area contributed by atoms with Gasteiger partial charge < -0.3 is 14.6 Å². The second-order valence-electron chi connectivity index (χ2n) is 7.77. The average Bonchev–Trinajstić information content (AvgIpc) is 3.20. The summed E-state index contributed by atoms with van der Waals surface area (Å²) >= 11 is 0. The molecule has 0 bridgehead atoms. The molecule has 1 aromatic carbocycles. The molecule has 1 aliphatic rings. The number of ether oxygens (including phenoxy) is 1. The van der Waals surface area contributed by atoms with E-state index in [0.717, 1.165) is 29.8 Å². The molecular weight excluding hydrogens is 380 g/mol. The monoisotopic (exact) mass is 408 g/mol. The van der Waals surface area contributed by atoms with Crippen molar-refractivity contribution in [2.45, 2.75) is 58.0 Å². The number of carbonyl (C=O) groups is 1. The fraction of sp³-hybridized carbons (Fsp3) is 0.435. The lowest BCUT2D eigenvalue weighted by molar-refractivity contribution is -0.122. The van der Waals surface area contributed by atoms with Crippen LogP contribution in [0.2, 0.25) is 0 Å². The second-order valence-corrected chi connectivity index (χ2v) is 7.77. The molecule has 0 spiro atoms. The van der Waals surface area contributed by atoms with Gasteiger partial charge in [-0.2, -0.15) is 5.10 Å². The molecule has 158 valence electrons. The Morgan fingerprint density at radius 1 is 1.17 bits per heavy atom. The number of fused-ring (bicyclic) bond motifs is 1. The molecule has 1 fully saturated rings. The van der Waals surface area contributed by atoms with E-state index in [0.29, 0.717) is 25.1 Å². The Bertz CT molecular complexity index is 1060. The van der Waals surface area contributed by atoms with Crippen LogP contribution in [0.15, 0.2) is 47.5 Å². The fourth-order valence-corrected chi connectivity index (χ4v) is 4.00. The molecule has 7 nitrogen and oxygen atoms in total. The molecule has 2 heterocycles. The smallest absolute Gasteiger partial charge is 0.276 e. The molecule has 0 unspecified atom stereocenters. The first-order chi connectivity index (χ1) is 14.6. The maximum absolute atomic E-state index is 12.9. The number of hydrogen-bond donors (Lipinski definition) is 1. The van der Waals surface area contributed by atoms with Gasteiger partial charge in [0.25, 0.3) is 5.56 Å². The van der Waals surface area contributed by atoms with E-state index >= 15 is 0 Å². The second kappa shape index (κ2) is 9.15. The Hall–Kier alpha value is -3.09. The molecule has 7 heteroatoms. The van der Waals surface area contributed by atoms with Gasteiger partial charge in [-0.05, 0) is 50.1 Å². The van der Waals surface area contributed by atoms with E-state index in [2.05, 4.69) is 10.4 Å². The highest BCUT2D eigenvalue weighted by atomic mass is 16.5. The lowest BCUT2D eigenvalue weighted by Crippen LogP contribution is -2.37. The summed E-state index contributed by atoms with van der Waals surface area (Å²) in [4.78, 5) is 25.1. The van der Waals surface area contributed by atoms with Crippen molar-refractivity contribution in [1.82, 2.24) is 19.5 Å². The third kappa shape index (κ3) is 4.56. The van der Waals surface area contributed by atoms with Crippen LogP contribution < -0.4 is 15.6 Å². The highest BCUT2D eigenvalue weighted by molar-refractivity contribution is 5.76. The highest BCUT2D eigenvalue weighted by Crippen LogP contribution is 2.22. The first kappa shape index (κ1) is 20.2. The molecule has 2 aromatic heterocycles. The normalized spacial score (nSPS) is 14.7. The third-order valence-corrected chi connectivity index (χ3v) is 5.61. The van der Waals surface area contributed by atoms with Crippen LogP contribution in [-0.4, -0.2) is 32.7 Å². The summed E-state index contributed by atoms with van der Waals surface area (Å²) in [6.45, 7) is 2.92. The minimum atomic E-state index is -0.146. The van der Waals surface area contributed by atoms with Crippen molar-refractivity contribution in [2.24, 2.45) is 0 Å². The van der Waals surface area contributed by atoms with Gasteiger partial charge >= 0.3 is 0 Å². The van der Waals surface area contributed by atoms with Crippen molar-refractivity contribution in [3.63, 3.8) is 0 Å². The fourth-order valence-electron chi connectivity index (χ4n) is 4.00. The molecule has 1 amide bonds. The van der Waals surface area contributed by atoms with Gasteiger partial charge in [0, 0.05) is 37.0 Å². The standard InChI is InChI=1S/C23H28N4O3/c1-2-30-19-10-8-17(9-11-19)20-16-21-23(29)26(14-15-27(21)25-20)13-12-22(28)24-18-6-4-3-5-7-18/h8-11,14-16,18H,2-7,12-13H2,1H3,(H,24,28). The largest absolute Gasteiger partial charge is 0.494 e. The number of nitrogens with zero attached hydrogens (tertiary/aromatic N) is 3. The summed E-state index contributed by atoms with van der Waals surface area (Å²) in [5, 5.41) is 7.62. The minimum absolute atomic E-state index is 0.0114. The van der Waals surface area contributed by atoms with Crippen molar-refractivity contribution in [1.29, 1.82) is 0 Å². The Labute approximate surface area is 175 Å². The van der Waals surface area contributed by atoms with E-state index in [1.165, 1.54) is 19.3 Å². The summed E-state index contributed by atoms with van der Waals surface area (Å²) in [7, 11) is 0. The van der Waals surface area contributed by atoms with Crippen molar-refractivity contribution in [3.8, 4) is 17.0 Å². The molecule has 3 aromatic rings. The summed E-state index contributed by atoms with van der Waals surface area (Å²) in [5.41, 5.74) is 1.99. The van der Waals surface area contributed by atoms with E-state index in [1.54, 1.807) is 27.5 Å². The Morgan fingerprint density at radius 2 is 1.93 bits per heavy atom. The van der Waals surface area contributed by atoms with Crippen LogP contribution in [0.3, 0.4) is 0 Å². The van der Waals surface area contributed by atoms with E-state index in [9.17, 15) is 9.59 Å².